The monoisotopic (exact) mass is 442 g/mol. The van der Waals surface area contributed by atoms with E-state index < -0.39 is 0 Å². The van der Waals surface area contributed by atoms with Gasteiger partial charge in [-0.15, -0.1) is 0 Å². The van der Waals surface area contributed by atoms with Crippen molar-refractivity contribution in [2.24, 2.45) is 0 Å². The summed E-state index contributed by atoms with van der Waals surface area (Å²) in [7, 11) is 0. The van der Waals surface area contributed by atoms with E-state index in [1.807, 2.05) is 42.1 Å². The fourth-order valence-electron chi connectivity index (χ4n) is 4.27. The van der Waals surface area contributed by atoms with Gasteiger partial charge in [0.25, 0.3) is 0 Å². The van der Waals surface area contributed by atoms with Crippen molar-refractivity contribution in [3.05, 3.63) is 106 Å². The average molecular weight is 443 g/mol. The first-order valence-electron chi connectivity index (χ1n) is 11.5. The van der Waals surface area contributed by atoms with Crippen molar-refractivity contribution in [2.75, 3.05) is 0 Å². The van der Waals surface area contributed by atoms with Gasteiger partial charge in [0, 0.05) is 37.0 Å². The normalized spacial score (nSPS) is 13.4. The van der Waals surface area contributed by atoms with Gasteiger partial charge < -0.3 is 4.57 Å². The molecule has 6 heteroatoms. The van der Waals surface area contributed by atoms with E-state index in [2.05, 4.69) is 16.7 Å². The summed E-state index contributed by atoms with van der Waals surface area (Å²) in [5, 5.41) is 4.70. The van der Waals surface area contributed by atoms with Crippen molar-refractivity contribution in [3.8, 4) is 11.4 Å². The van der Waals surface area contributed by atoms with E-state index in [-0.39, 0.29) is 17.7 Å². The lowest BCUT2D eigenvalue weighted by Crippen LogP contribution is -2.15. The molecule has 33 heavy (non-hydrogen) atoms. The Labute approximate surface area is 192 Å². The smallest absolute Gasteiger partial charge is 0.192 e. The molecule has 5 nitrogen and oxygen atoms in total. The number of nitrogens with zero attached hydrogens (tertiary/aromatic N) is 4. The van der Waals surface area contributed by atoms with Gasteiger partial charge in [0.15, 0.2) is 17.1 Å². The summed E-state index contributed by atoms with van der Waals surface area (Å²) in [5.74, 6) is 0.812. The van der Waals surface area contributed by atoms with E-state index in [0.717, 1.165) is 31.4 Å². The summed E-state index contributed by atoms with van der Waals surface area (Å²) >= 11 is 0. The third-order valence-corrected chi connectivity index (χ3v) is 6.16. The molecule has 0 saturated heterocycles. The van der Waals surface area contributed by atoms with E-state index in [4.69, 9.17) is 10.1 Å². The molecule has 4 aromatic rings. The summed E-state index contributed by atoms with van der Waals surface area (Å²) in [6.07, 6.45) is 6.25. The van der Waals surface area contributed by atoms with Crippen LogP contribution in [0.4, 0.5) is 4.39 Å². The Kier molecular flexibility index (Phi) is 5.90. The Morgan fingerprint density at radius 1 is 1.06 bits per heavy atom. The summed E-state index contributed by atoms with van der Waals surface area (Å²) < 4.78 is 18.2. The molecular formula is C27H27FN4O. The molecule has 2 aromatic heterocycles. The number of halogens is 1. The molecular weight excluding hydrogens is 415 g/mol. The summed E-state index contributed by atoms with van der Waals surface area (Å²) in [4.78, 5) is 17.7. The van der Waals surface area contributed by atoms with Gasteiger partial charge in [-0.25, -0.2) is 14.1 Å². The van der Waals surface area contributed by atoms with Crippen LogP contribution in [0.25, 0.3) is 11.4 Å². The number of aromatic nitrogens is 4. The fourth-order valence-corrected chi connectivity index (χ4v) is 4.27. The Morgan fingerprint density at radius 3 is 2.58 bits per heavy atom. The van der Waals surface area contributed by atoms with Crippen molar-refractivity contribution < 1.29 is 4.39 Å². The zero-order valence-electron chi connectivity index (χ0n) is 18.7. The van der Waals surface area contributed by atoms with Crippen molar-refractivity contribution in [1.29, 1.82) is 0 Å². The van der Waals surface area contributed by atoms with Crippen LogP contribution in [0.15, 0.2) is 71.7 Å². The van der Waals surface area contributed by atoms with Crippen LogP contribution in [0.3, 0.4) is 0 Å². The van der Waals surface area contributed by atoms with Crippen molar-refractivity contribution in [3.63, 3.8) is 0 Å². The van der Waals surface area contributed by atoms with Crippen molar-refractivity contribution >= 4 is 0 Å². The Bertz CT molecular complexity index is 1320. The number of hydrogen-bond donors (Lipinski definition) is 0. The number of pyridine rings is 1. The van der Waals surface area contributed by atoms with Crippen molar-refractivity contribution in [2.45, 2.75) is 51.6 Å². The van der Waals surface area contributed by atoms with Crippen LogP contribution in [-0.2, 0) is 19.4 Å². The first kappa shape index (κ1) is 21.3. The van der Waals surface area contributed by atoms with Gasteiger partial charge in [0.2, 0.25) is 0 Å². The minimum Gasteiger partial charge on any atom is -0.348 e. The molecule has 5 rings (SSSR count). The molecule has 2 heterocycles. The summed E-state index contributed by atoms with van der Waals surface area (Å²) in [5.41, 5.74) is 3.27. The largest absolute Gasteiger partial charge is 0.348 e. The van der Waals surface area contributed by atoms with Gasteiger partial charge in [-0.2, -0.15) is 5.10 Å². The molecule has 0 aliphatic heterocycles. The van der Waals surface area contributed by atoms with Crippen LogP contribution < -0.4 is 5.43 Å². The maximum absolute atomic E-state index is 14.2. The SMILES string of the molecule is Cc1cc(=O)c(-c2nc(Cc3ccccc3F)nn2CCCc2ccccc2)cn1C1CC1. The van der Waals surface area contributed by atoms with Gasteiger partial charge in [-0.05, 0) is 49.8 Å². The number of aryl methyl sites for hydroxylation is 3. The minimum atomic E-state index is -0.272. The van der Waals surface area contributed by atoms with Crippen molar-refractivity contribution in [1.82, 2.24) is 19.3 Å². The zero-order chi connectivity index (χ0) is 22.8. The van der Waals surface area contributed by atoms with Gasteiger partial charge in [0.05, 0.1) is 5.56 Å². The average Bonchev–Trinajstić information content (AvgIpc) is 3.57. The standard InChI is InChI=1S/C27H27FN4O/c1-19-16-25(33)23(18-31(19)22-13-14-22)27-29-26(17-21-11-5-6-12-24(21)28)30-32(27)15-7-10-20-8-3-2-4-9-20/h2-6,8-9,11-12,16,18,22H,7,10,13-15,17H2,1H3. The second-order valence-corrected chi connectivity index (χ2v) is 8.76. The van der Waals surface area contributed by atoms with Crippen LogP contribution in [0.1, 0.15) is 47.9 Å². The highest BCUT2D eigenvalue weighted by molar-refractivity contribution is 5.54. The number of benzene rings is 2. The first-order chi connectivity index (χ1) is 16.1. The van der Waals surface area contributed by atoms with E-state index in [9.17, 15) is 9.18 Å². The Hall–Kier alpha value is -3.54. The lowest BCUT2D eigenvalue weighted by Gasteiger charge is -2.12. The molecule has 0 amide bonds. The third-order valence-electron chi connectivity index (χ3n) is 6.16. The Balaban J connectivity index is 1.48. The predicted octanol–water partition coefficient (Wildman–Crippen LogP) is 5.11. The molecule has 1 saturated carbocycles. The van der Waals surface area contributed by atoms with Crippen LogP contribution >= 0.6 is 0 Å². The van der Waals surface area contributed by atoms with Crippen LogP contribution in [-0.4, -0.2) is 19.3 Å². The molecule has 0 spiro atoms. The summed E-state index contributed by atoms with van der Waals surface area (Å²) in [6.45, 7) is 2.60. The molecule has 0 bridgehead atoms. The highest BCUT2D eigenvalue weighted by Gasteiger charge is 2.26. The van der Waals surface area contributed by atoms with E-state index in [1.165, 1.54) is 11.6 Å². The second-order valence-electron chi connectivity index (χ2n) is 8.76. The molecule has 0 atom stereocenters. The molecule has 0 N–H and O–H groups in total. The van der Waals surface area contributed by atoms with Crippen LogP contribution in [0.2, 0.25) is 0 Å². The van der Waals surface area contributed by atoms with Gasteiger partial charge in [-0.3, -0.25) is 4.79 Å². The van der Waals surface area contributed by atoms with Gasteiger partial charge >= 0.3 is 0 Å². The Morgan fingerprint density at radius 2 is 1.82 bits per heavy atom. The maximum Gasteiger partial charge on any atom is 0.192 e. The second kappa shape index (κ2) is 9.14. The highest BCUT2D eigenvalue weighted by atomic mass is 19.1. The minimum absolute atomic E-state index is 0.0569. The van der Waals surface area contributed by atoms with E-state index in [0.29, 0.717) is 35.4 Å². The van der Waals surface area contributed by atoms with Gasteiger partial charge in [0.1, 0.15) is 5.82 Å². The fraction of sp³-hybridized carbons (Fsp3) is 0.296. The molecule has 168 valence electrons. The predicted molar refractivity (Wildman–Crippen MR) is 127 cm³/mol. The number of rotatable bonds is 8. The first-order valence-corrected chi connectivity index (χ1v) is 11.5. The maximum atomic E-state index is 14.2. The molecule has 1 aliphatic carbocycles. The van der Waals surface area contributed by atoms with Crippen LogP contribution in [0, 0.1) is 12.7 Å². The molecule has 1 fully saturated rings. The summed E-state index contributed by atoms with van der Waals surface area (Å²) in [6, 6.07) is 19.1. The topological polar surface area (TPSA) is 52.7 Å². The third kappa shape index (κ3) is 4.80. The molecule has 0 radical (unpaired) electrons. The van der Waals surface area contributed by atoms with Crippen LogP contribution in [0.5, 0.6) is 0 Å². The highest BCUT2D eigenvalue weighted by Crippen LogP contribution is 2.36. The lowest BCUT2D eigenvalue weighted by molar-refractivity contribution is 0.575. The quantitative estimate of drug-likeness (QED) is 0.381. The van der Waals surface area contributed by atoms with E-state index >= 15 is 0 Å². The number of hydrogen-bond acceptors (Lipinski definition) is 3. The zero-order valence-corrected chi connectivity index (χ0v) is 18.7. The molecule has 0 unspecified atom stereocenters. The molecule has 1 aliphatic rings. The van der Waals surface area contributed by atoms with E-state index in [1.54, 1.807) is 18.2 Å². The van der Waals surface area contributed by atoms with Gasteiger partial charge in [-0.1, -0.05) is 48.5 Å². The molecule has 2 aromatic carbocycles. The lowest BCUT2D eigenvalue weighted by atomic mass is 10.1.